The summed E-state index contributed by atoms with van der Waals surface area (Å²) in [5, 5.41) is 3.50. The number of aryl methyl sites for hydroxylation is 1. The molecule has 1 fully saturated rings. The predicted octanol–water partition coefficient (Wildman–Crippen LogP) is 3.86. The minimum atomic E-state index is 0.337. The van der Waals surface area contributed by atoms with Gasteiger partial charge >= 0.3 is 0 Å². The highest BCUT2D eigenvalue weighted by molar-refractivity contribution is 5.32. The van der Waals surface area contributed by atoms with Crippen LogP contribution in [0, 0.1) is 5.92 Å². The summed E-state index contributed by atoms with van der Waals surface area (Å²) in [6, 6.07) is 9.22. The second-order valence-electron chi connectivity index (χ2n) is 6.38. The van der Waals surface area contributed by atoms with Crippen LogP contribution in [-0.2, 0) is 11.2 Å². The second-order valence-corrected chi connectivity index (χ2v) is 6.38. The lowest BCUT2D eigenvalue weighted by Crippen LogP contribution is -2.32. The van der Waals surface area contributed by atoms with Crippen molar-refractivity contribution in [3.05, 3.63) is 35.4 Å². The van der Waals surface area contributed by atoms with Crippen LogP contribution in [0.1, 0.15) is 55.7 Å². The summed E-state index contributed by atoms with van der Waals surface area (Å²) >= 11 is 0. The molecule has 0 bridgehead atoms. The molecule has 2 aliphatic rings. The lowest BCUT2D eigenvalue weighted by molar-refractivity contribution is 0.00362. The number of benzene rings is 1. The van der Waals surface area contributed by atoms with Gasteiger partial charge in [0.15, 0.2) is 0 Å². The van der Waals surface area contributed by atoms with Crippen LogP contribution in [0.2, 0.25) is 0 Å². The maximum atomic E-state index is 6.34. The van der Waals surface area contributed by atoms with Crippen LogP contribution in [0.4, 0.5) is 0 Å². The summed E-state index contributed by atoms with van der Waals surface area (Å²) in [6.45, 7) is 0.963. The number of nitrogens with one attached hydrogen (secondary N) is 1. The van der Waals surface area contributed by atoms with Crippen molar-refractivity contribution in [1.29, 1.82) is 0 Å². The number of hydrogen-bond donors (Lipinski definition) is 1. The first-order chi connectivity index (χ1) is 9.88. The molecule has 20 heavy (non-hydrogen) atoms. The maximum Gasteiger partial charge on any atom is 0.0770 e. The molecule has 1 saturated carbocycles. The Hall–Kier alpha value is -0.860. The molecule has 0 aromatic heterocycles. The van der Waals surface area contributed by atoms with Crippen molar-refractivity contribution >= 4 is 0 Å². The van der Waals surface area contributed by atoms with Gasteiger partial charge in [-0.1, -0.05) is 37.1 Å². The van der Waals surface area contributed by atoms with E-state index in [-0.39, 0.29) is 0 Å². The highest BCUT2D eigenvalue weighted by Gasteiger charge is 2.28. The minimum absolute atomic E-state index is 0.337. The first kappa shape index (κ1) is 14.1. The first-order valence-electron chi connectivity index (χ1n) is 8.25. The van der Waals surface area contributed by atoms with Crippen LogP contribution in [0.15, 0.2) is 24.3 Å². The molecule has 1 aromatic rings. The fourth-order valence-corrected chi connectivity index (χ4v) is 3.88. The topological polar surface area (TPSA) is 21.3 Å². The Kier molecular flexibility index (Phi) is 4.74. The van der Waals surface area contributed by atoms with Gasteiger partial charge in [0.2, 0.25) is 0 Å². The SMILES string of the molecule is CNC1c2ccccc2CCCC1OCC1CCCC1. The van der Waals surface area contributed by atoms with Gasteiger partial charge in [0.1, 0.15) is 0 Å². The van der Waals surface area contributed by atoms with E-state index in [9.17, 15) is 0 Å². The van der Waals surface area contributed by atoms with Crippen molar-refractivity contribution in [3.63, 3.8) is 0 Å². The van der Waals surface area contributed by atoms with Crippen LogP contribution in [0.5, 0.6) is 0 Å². The summed E-state index contributed by atoms with van der Waals surface area (Å²) in [6.07, 6.45) is 9.48. The third-order valence-corrected chi connectivity index (χ3v) is 5.03. The van der Waals surface area contributed by atoms with E-state index in [1.165, 1.54) is 56.1 Å². The first-order valence-corrected chi connectivity index (χ1v) is 8.25. The van der Waals surface area contributed by atoms with E-state index in [2.05, 4.69) is 36.6 Å². The van der Waals surface area contributed by atoms with Gasteiger partial charge in [-0.05, 0) is 56.2 Å². The van der Waals surface area contributed by atoms with Gasteiger partial charge in [0.05, 0.1) is 12.1 Å². The van der Waals surface area contributed by atoms with E-state index < -0.39 is 0 Å². The Morgan fingerprint density at radius 2 is 1.90 bits per heavy atom. The average Bonchev–Trinajstić information content (AvgIpc) is 2.93. The standard InChI is InChI=1S/C18H27NO/c1-19-18-16-11-5-4-9-15(16)10-6-12-17(18)20-13-14-7-2-3-8-14/h4-5,9,11,14,17-19H,2-3,6-8,10,12-13H2,1H3. The summed E-state index contributed by atoms with van der Waals surface area (Å²) < 4.78 is 6.34. The molecular formula is C18H27NO. The van der Waals surface area contributed by atoms with E-state index in [0.29, 0.717) is 12.1 Å². The molecule has 1 aromatic carbocycles. The number of likely N-dealkylation sites (N-methyl/N-ethyl adjacent to an activating group) is 1. The molecule has 0 heterocycles. The van der Waals surface area contributed by atoms with Gasteiger partial charge in [0, 0.05) is 6.61 Å². The van der Waals surface area contributed by atoms with Gasteiger partial charge in [-0.15, -0.1) is 0 Å². The number of ether oxygens (including phenoxy) is 1. The van der Waals surface area contributed by atoms with Gasteiger partial charge in [-0.3, -0.25) is 0 Å². The molecular weight excluding hydrogens is 246 g/mol. The Morgan fingerprint density at radius 1 is 1.10 bits per heavy atom. The van der Waals surface area contributed by atoms with Crippen molar-refractivity contribution < 1.29 is 4.74 Å². The molecule has 0 radical (unpaired) electrons. The quantitative estimate of drug-likeness (QED) is 0.841. The maximum absolute atomic E-state index is 6.34. The molecule has 2 nitrogen and oxygen atoms in total. The zero-order valence-electron chi connectivity index (χ0n) is 12.6. The van der Waals surface area contributed by atoms with E-state index in [0.717, 1.165) is 12.5 Å². The number of hydrogen-bond acceptors (Lipinski definition) is 2. The van der Waals surface area contributed by atoms with Crippen LogP contribution >= 0.6 is 0 Å². The molecule has 110 valence electrons. The molecule has 0 aliphatic heterocycles. The monoisotopic (exact) mass is 273 g/mol. The van der Waals surface area contributed by atoms with Crippen LogP contribution < -0.4 is 5.32 Å². The number of rotatable bonds is 4. The van der Waals surface area contributed by atoms with Crippen molar-refractivity contribution in [2.75, 3.05) is 13.7 Å². The largest absolute Gasteiger partial charge is 0.376 e. The Balaban J connectivity index is 1.70. The smallest absolute Gasteiger partial charge is 0.0770 e. The molecule has 3 rings (SSSR count). The minimum Gasteiger partial charge on any atom is -0.376 e. The van der Waals surface area contributed by atoms with Crippen molar-refractivity contribution in [3.8, 4) is 0 Å². The van der Waals surface area contributed by atoms with Crippen LogP contribution in [-0.4, -0.2) is 19.8 Å². The molecule has 2 unspecified atom stereocenters. The zero-order valence-corrected chi connectivity index (χ0v) is 12.6. The van der Waals surface area contributed by atoms with Crippen LogP contribution in [0.3, 0.4) is 0 Å². The van der Waals surface area contributed by atoms with Gasteiger partial charge in [-0.2, -0.15) is 0 Å². The highest BCUT2D eigenvalue weighted by Crippen LogP contribution is 2.32. The third kappa shape index (κ3) is 3.07. The van der Waals surface area contributed by atoms with E-state index in [1.807, 2.05) is 0 Å². The predicted molar refractivity (Wildman–Crippen MR) is 82.9 cm³/mol. The zero-order chi connectivity index (χ0) is 13.8. The van der Waals surface area contributed by atoms with Crippen molar-refractivity contribution in [2.24, 2.45) is 5.92 Å². The third-order valence-electron chi connectivity index (χ3n) is 5.03. The molecule has 0 saturated heterocycles. The Morgan fingerprint density at radius 3 is 2.70 bits per heavy atom. The normalized spacial score (nSPS) is 27.2. The van der Waals surface area contributed by atoms with E-state index in [1.54, 1.807) is 0 Å². The molecule has 2 aliphatic carbocycles. The lowest BCUT2D eigenvalue weighted by Gasteiger charge is -2.27. The second kappa shape index (κ2) is 6.73. The van der Waals surface area contributed by atoms with Crippen molar-refractivity contribution in [2.45, 2.75) is 57.1 Å². The van der Waals surface area contributed by atoms with E-state index in [4.69, 9.17) is 4.74 Å². The van der Waals surface area contributed by atoms with Crippen molar-refractivity contribution in [1.82, 2.24) is 5.32 Å². The Bertz CT molecular complexity index is 425. The van der Waals surface area contributed by atoms with Gasteiger partial charge < -0.3 is 10.1 Å². The molecule has 0 amide bonds. The summed E-state index contributed by atoms with van der Waals surface area (Å²) in [4.78, 5) is 0. The fourth-order valence-electron chi connectivity index (χ4n) is 3.88. The molecule has 1 N–H and O–H groups in total. The molecule has 2 heteroatoms. The summed E-state index contributed by atoms with van der Waals surface area (Å²) in [7, 11) is 2.07. The van der Waals surface area contributed by atoms with E-state index >= 15 is 0 Å². The summed E-state index contributed by atoms with van der Waals surface area (Å²) in [5.74, 6) is 0.811. The molecule has 0 spiro atoms. The van der Waals surface area contributed by atoms with Gasteiger partial charge in [-0.25, -0.2) is 0 Å². The Labute approximate surface area is 122 Å². The van der Waals surface area contributed by atoms with Gasteiger partial charge in [0.25, 0.3) is 0 Å². The fraction of sp³-hybridized carbons (Fsp3) is 0.667. The average molecular weight is 273 g/mol. The van der Waals surface area contributed by atoms with Crippen LogP contribution in [0.25, 0.3) is 0 Å². The highest BCUT2D eigenvalue weighted by atomic mass is 16.5. The lowest BCUT2D eigenvalue weighted by atomic mass is 9.97. The number of fused-ring (bicyclic) bond motifs is 1. The molecule has 2 atom stereocenters. The summed E-state index contributed by atoms with van der Waals surface area (Å²) in [5.41, 5.74) is 2.95.